The van der Waals surface area contributed by atoms with E-state index in [9.17, 15) is 4.79 Å². The zero-order valence-electron chi connectivity index (χ0n) is 19.1. The van der Waals surface area contributed by atoms with Gasteiger partial charge in [-0.3, -0.25) is 9.78 Å². The predicted molar refractivity (Wildman–Crippen MR) is 143 cm³/mol. The standard InChI is InChI=1S/C29H23ClN4O/c1-19(35)33-22-13-7-11-21(17-22)26-25-15-8-14-24(20-9-3-2-4-10-20)27(25)29(34-28(26)30)32-18-23-12-5-6-16-31-23/h2-17H,18H2,1H3,(H,32,34)(H,33,35). The van der Waals surface area contributed by atoms with Gasteiger partial charge in [0.25, 0.3) is 0 Å². The van der Waals surface area contributed by atoms with Crippen molar-refractivity contribution in [3.8, 4) is 22.3 Å². The van der Waals surface area contributed by atoms with Gasteiger partial charge >= 0.3 is 0 Å². The van der Waals surface area contributed by atoms with Crippen LogP contribution in [0, 0.1) is 0 Å². The number of benzene rings is 3. The van der Waals surface area contributed by atoms with Crippen LogP contribution in [0.2, 0.25) is 5.15 Å². The third-order valence-corrected chi connectivity index (χ3v) is 5.98. The Kier molecular flexibility index (Phi) is 6.42. The van der Waals surface area contributed by atoms with Gasteiger partial charge in [0.2, 0.25) is 5.91 Å². The minimum atomic E-state index is -0.128. The van der Waals surface area contributed by atoms with Crippen molar-refractivity contribution in [3.05, 3.63) is 108 Å². The summed E-state index contributed by atoms with van der Waals surface area (Å²) < 4.78 is 0. The molecule has 5 nitrogen and oxygen atoms in total. The van der Waals surface area contributed by atoms with Crippen LogP contribution in [0.5, 0.6) is 0 Å². The van der Waals surface area contributed by atoms with Crippen LogP contribution in [0.4, 0.5) is 11.5 Å². The first kappa shape index (κ1) is 22.6. The highest BCUT2D eigenvalue weighted by atomic mass is 35.5. The second kappa shape index (κ2) is 9.95. The van der Waals surface area contributed by atoms with E-state index in [-0.39, 0.29) is 5.91 Å². The molecule has 1 amide bonds. The van der Waals surface area contributed by atoms with Crippen molar-refractivity contribution in [2.75, 3.05) is 10.6 Å². The average molecular weight is 479 g/mol. The number of pyridine rings is 2. The number of amides is 1. The Morgan fingerprint density at radius 3 is 2.43 bits per heavy atom. The monoisotopic (exact) mass is 478 g/mol. The number of hydrogen-bond donors (Lipinski definition) is 2. The predicted octanol–water partition coefficient (Wildman–Crippen LogP) is 7.19. The first-order valence-corrected chi connectivity index (χ1v) is 11.7. The van der Waals surface area contributed by atoms with Gasteiger partial charge < -0.3 is 10.6 Å². The number of carbonyl (C=O) groups excluding carboxylic acids is 1. The third kappa shape index (κ3) is 4.86. The Hall–Kier alpha value is -4.22. The van der Waals surface area contributed by atoms with E-state index in [1.54, 1.807) is 6.20 Å². The minimum Gasteiger partial charge on any atom is -0.364 e. The summed E-state index contributed by atoms with van der Waals surface area (Å²) in [6.45, 7) is 2.00. The van der Waals surface area contributed by atoms with Crippen LogP contribution in [0.1, 0.15) is 12.6 Å². The fourth-order valence-corrected chi connectivity index (χ4v) is 4.53. The quantitative estimate of drug-likeness (QED) is 0.253. The van der Waals surface area contributed by atoms with E-state index in [1.165, 1.54) is 6.92 Å². The van der Waals surface area contributed by atoms with Crippen LogP contribution in [0.25, 0.3) is 33.0 Å². The van der Waals surface area contributed by atoms with Crippen molar-refractivity contribution in [2.24, 2.45) is 0 Å². The highest BCUT2D eigenvalue weighted by molar-refractivity contribution is 6.34. The number of carbonyl (C=O) groups is 1. The van der Waals surface area contributed by atoms with Crippen molar-refractivity contribution < 1.29 is 4.79 Å². The second-order valence-electron chi connectivity index (χ2n) is 8.16. The van der Waals surface area contributed by atoms with E-state index in [0.29, 0.717) is 23.2 Å². The van der Waals surface area contributed by atoms with Gasteiger partial charge in [0.1, 0.15) is 11.0 Å². The van der Waals surface area contributed by atoms with Crippen LogP contribution >= 0.6 is 11.6 Å². The number of rotatable bonds is 6. The lowest BCUT2D eigenvalue weighted by molar-refractivity contribution is -0.114. The van der Waals surface area contributed by atoms with Crippen molar-refractivity contribution >= 4 is 39.8 Å². The Bertz CT molecular complexity index is 1500. The smallest absolute Gasteiger partial charge is 0.221 e. The first-order chi connectivity index (χ1) is 17.1. The van der Waals surface area contributed by atoms with Gasteiger partial charge in [0.15, 0.2) is 0 Å². The van der Waals surface area contributed by atoms with Gasteiger partial charge in [-0.05, 0) is 46.3 Å². The van der Waals surface area contributed by atoms with E-state index in [1.807, 2.05) is 66.7 Å². The van der Waals surface area contributed by atoms with Crippen molar-refractivity contribution in [1.82, 2.24) is 9.97 Å². The molecule has 0 aliphatic heterocycles. The summed E-state index contributed by atoms with van der Waals surface area (Å²) in [6, 6.07) is 29.9. The van der Waals surface area contributed by atoms with E-state index in [2.05, 4.69) is 39.9 Å². The van der Waals surface area contributed by atoms with E-state index >= 15 is 0 Å². The molecule has 3 aromatic carbocycles. The lowest BCUT2D eigenvalue weighted by atomic mass is 9.94. The molecule has 0 spiro atoms. The third-order valence-electron chi connectivity index (χ3n) is 5.71. The Morgan fingerprint density at radius 1 is 0.886 bits per heavy atom. The zero-order chi connectivity index (χ0) is 24.2. The highest BCUT2D eigenvalue weighted by Gasteiger charge is 2.18. The fraction of sp³-hybridized carbons (Fsp3) is 0.0690. The normalized spacial score (nSPS) is 10.8. The summed E-state index contributed by atoms with van der Waals surface area (Å²) in [6.07, 6.45) is 1.77. The fourth-order valence-electron chi connectivity index (χ4n) is 4.23. The van der Waals surface area contributed by atoms with Gasteiger partial charge in [-0.1, -0.05) is 78.3 Å². The number of fused-ring (bicyclic) bond motifs is 1. The van der Waals surface area contributed by atoms with Gasteiger partial charge in [-0.15, -0.1) is 0 Å². The number of aromatic nitrogens is 2. The minimum absolute atomic E-state index is 0.128. The topological polar surface area (TPSA) is 66.9 Å². The number of hydrogen-bond acceptors (Lipinski definition) is 4. The number of nitrogens with one attached hydrogen (secondary N) is 2. The van der Waals surface area contributed by atoms with Gasteiger partial charge in [-0.2, -0.15) is 0 Å². The SMILES string of the molecule is CC(=O)Nc1cccc(-c2c(Cl)nc(NCc3ccccn3)c3c(-c4ccccc4)cccc23)c1. The van der Waals surface area contributed by atoms with Crippen molar-refractivity contribution in [1.29, 1.82) is 0 Å². The molecule has 0 saturated carbocycles. The maximum atomic E-state index is 11.6. The lowest BCUT2D eigenvalue weighted by Gasteiger charge is -2.18. The molecule has 0 fully saturated rings. The molecular weight excluding hydrogens is 456 g/mol. The van der Waals surface area contributed by atoms with Crippen LogP contribution in [-0.2, 0) is 11.3 Å². The number of nitrogens with zero attached hydrogens (tertiary/aromatic N) is 2. The van der Waals surface area contributed by atoms with Gasteiger partial charge in [0.05, 0.1) is 12.2 Å². The van der Waals surface area contributed by atoms with Crippen LogP contribution < -0.4 is 10.6 Å². The zero-order valence-corrected chi connectivity index (χ0v) is 19.9. The average Bonchev–Trinajstić information content (AvgIpc) is 2.88. The van der Waals surface area contributed by atoms with Crippen LogP contribution in [0.15, 0.2) is 97.2 Å². The highest BCUT2D eigenvalue weighted by Crippen LogP contribution is 2.42. The molecular formula is C29H23ClN4O. The molecule has 6 heteroatoms. The van der Waals surface area contributed by atoms with Crippen LogP contribution in [-0.4, -0.2) is 15.9 Å². The molecule has 2 aromatic heterocycles. The summed E-state index contributed by atoms with van der Waals surface area (Å²) in [7, 11) is 0. The molecule has 172 valence electrons. The summed E-state index contributed by atoms with van der Waals surface area (Å²) in [5.74, 6) is 0.563. The molecule has 2 N–H and O–H groups in total. The second-order valence-corrected chi connectivity index (χ2v) is 8.52. The summed E-state index contributed by atoms with van der Waals surface area (Å²) in [5, 5.41) is 8.62. The molecule has 0 radical (unpaired) electrons. The maximum Gasteiger partial charge on any atom is 0.221 e. The summed E-state index contributed by atoms with van der Waals surface area (Å²) >= 11 is 6.83. The molecule has 0 unspecified atom stereocenters. The summed E-state index contributed by atoms with van der Waals surface area (Å²) in [4.78, 5) is 20.8. The number of halogens is 1. The van der Waals surface area contributed by atoms with E-state index in [4.69, 9.17) is 16.6 Å². The Labute approximate surface area is 208 Å². The maximum absolute atomic E-state index is 11.6. The Balaban J connectivity index is 1.71. The summed E-state index contributed by atoms with van der Waals surface area (Å²) in [5.41, 5.74) is 5.44. The Morgan fingerprint density at radius 2 is 1.66 bits per heavy atom. The number of anilines is 2. The molecule has 0 aliphatic rings. The van der Waals surface area contributed by atoms with Crippen LogP contribution in [0.3, 0.4) is 0 Å². The molecule has 0 aliphatic carbocycles. The molecule has 0 saturated heterocycles. The van der Waals surface area contributed by atoms with Crippen molar-refractivity contribution in [2.45, 2.75) is 13.5 Å². The van der Waals surface area contributed by atoms with Gasteiger partial charge in [0, 0.05) is 29.8 Å². The van der Waals surface area contributed by atoms with Gasteiger partial charge in [-0.25, -0.2) is 4.98 Å². The molecule has 5 rings (SSSR count). The largest absolute Gasteiger partial charge is 0.364 e. The first-order valence-electron chi connectivity index (χ1n) is 11.3. The molecule has 0 bridgehead atoms. The molecule has 2 heterocycles. The molecule has 35 heavy (non-hydrogen) atoms. The van der Waals surface area contributed by atoms with Crippen molar-refractivity contribution in [3.63, 3.8) is 0 Å². The molecule has 0 atom stereocenters. The van der Waals surface area contributed by atoms with E-state index < -0.39 is 0 Å². The molecule has 5 aromatic rings. The lowest BCUT2D eigenvalue weighted by Crippen LogP contribution is -2.06. The van der Waals surface area contributed by atoms with E-state index in [0.717, 1.165) is 38.7 Å².